The minimum absolute atomic E-state index is 0.151. The quantitative estimate of drug-likeness (QED) is 0.525. The Balaban J connectivity index is 2.03. The van der Waals surface area contributed by atoms with Gasteiger partial charge in [0.05, 0.1) is 17.4 Å². The lowest BCUT2D eigenvalue weighted by molar-refractivity contribution is 0.0751. The maximum Gasteiger partial charge on any atom is 0.267 e. The van der Waals surface area contributed by atoms with Crippen molar-refractivity contribution in [3.63, 3.8) is 0 Å². The van der Waals surface area contributed by atoms with Crippen LogP contribution >= 0.6 is 0 Å². The second kappa shape index (κ2) is 5.60. The predicted molar refractivity (Wildman–Crippen MR) is 64.9 cm³/mol. The van der Waals surface area contributed by atoms with Crippen molar-refractivity contribution in [2.75, 3.05) is 18.5 Å². The summed E-state index contributed by atoms with van der Waals surface area (Å²) in [7, 11) is 0. The number of nitrogens with two attached hydrogens (primary N) is 1. The van der Waals surface area contributed by atoms with E-state index in [1.54, 1.807) is 12.3 Å². The molecule has 2 rings (SSSR count). The smallest absolute Gasteiger partial charge is 0.267 e. The molecule has 2 heterocycles. The van der Waals surface area contributed by atoms with Crippen LogP contribution in [0.1, 0.15) is 29.6 Å². The molecule has 0 aliphatic carbocycles. The van der Waals surface area contributed by atoms with Crippen molar-refractivity contribution in [1.82, 2.24) is 15.4 Å². The van der Waals surface area contributed by atoms with E-state index in [0.717, 1.165) is 25.9 Å². The Bertz CT molecular complexity index is 389. The highest BCUT2D eigenvalue weighted by Gasteiger charge is 2.16. The van der Waals surface area contributed by atoms with E-state index in [1.165, 1.54) is 12.6 Å². The van der Waals surface area contributed by atoms with Gasteiger partial charge in [0.15, 0.2) is 0 Å². The van der Waals surface area contributed by atoms with Crippen LogP contribution in [0.15, 0.2) is 18.5 Å². The summed E-state index contributed by atoms with van der Waals surface area (Å²) >= 11 is 0. The van der Waals surface area contributed by atoms with E-state index in [9.17, 15) is 4.79 Å². The number of nitrogens with zero attached hydrogens (tertiary/aromatic N) is 2. The highest BCUT2D eigenvalue weighted by atomic mass is 16.2. The molecule has 17 heavy (non-hydrogen) atoms. The minimum Gasteiger partial charge on any atom is -0.322 e. The Morgan fingerprint density at radius 1 is 1.35 bits per heavy atom. The van der Waals surface area contributed by atoms with E-state index in [4.69, 9.17) is 5.84 Å². The number of anilines is 1. The maximum atomic E-state index is 12.0. The number of aromatic nitrogens is 1. The van der Waals surface area contributed by atoms with Crippen molar-refractivity contribution in [2.45, 2.75) is 19.3 Å². The molecule has 4 N–H and O–H groups in total. The van der Waals surface area contributed by atoms with Crippen LogP contribution in [0, 0.1) is 0 Å². The van der Waals surface area contributed by atoms with Crippen molar-refractivity contribution in [3.8, 4) is 0 Å². The van der Waals surface area contributed by atoms with Gasteiger partial charge in [-0.1, -0.05) is 6.42 Å². The van der Waals surface area contributed by atoms with E-state index in [0.29, 0.717) is 11.3 Å². The fraction of sp³-hybridized carbons (Fsp3) is 0.455. The first-order valence-corrected chi connectivity index (χ1v) is 5.78. The third-order valence-electron chi connectivity index (χ3n) is 2.84. The average molecular weight is 235 g/mol. The highest BCUT2D eigenvalue weighted by Crippen LogP contribution is 2.12. The monoisotopic (exact) mass is 235 g/mol. The summed E-state index contributed by atoms with van der Waals surface area (Å²) in [6, 6.07) is 1.65. The lowest BCUT2D eigenvalue weighted by atomic mass is 10.1. The summed E-state index contributed by atoms with van der Waals surface area (Å²) in [5.74, 6) is 5.19. The number of rotatable bonds is 3. The molecule has 0 aromatic carbocycles. The Morgan fingerprint density at radius 3 is 2.82 bits per heavy atom. The zero-order valence-electron chi connectivity index (χ0n) is 9.65. The first-order chi connectivity index (χ1) is 8.31. The number of carbonyl (C=O) groups is 1. The first kappa shape index (κ1) is 11.8. The number of hydrogen-bond acceptors (Lipinski definition) is 5. The van der Waals surface area contributed by atoms with Gasteiger partial charge >= 0.3 is 0 Å². The maximum absolute atomic E-state index is 12.0. The van der Waals surface area contributed by atoms with Crippen molar-refractivity contribution in [3.05, 3.63) is 24.0 Å². The van der Waals surface area contributed by atoms with Crippen LogP contribution < -0.4 is 16.7 Å². The lowest BCUT2D eigenvalue weighted by Gasteiger charge is -2.27. The summed E-state index contributed by atoms with van der Waals surface area (Å²) in [4.78, 5) is 15.9. The molecule has 1 aliphatic rings. The van der Waals surface area contributed by atoms with Gasteiger partial charge in [-0.3, -0.25) is 21.0 Å². The largest absolute Gasteiger partial charge is 0.322 e. The molecule has 0 unspecified atom stereocenters. The summed E-state index contributed by atoms with van der Waals surface area (Å²) < 4.78 is 0. The summed E-state index contributed by atoms with van der Waals surface area (Å²) in [5, 5.41) is 1.95. The molecule has 0 atom stereocenters. The van der Waals surface area contributed by atoms with E-state index < -0.39 is 0 Å². The molecule has 1 fully saturated rings. The molecule has 0 bridgehead atoms. The third-order valence-corrected chi connectivity index (χ3v) is 2.84. The van der Waals surface area contributed by atoms with Crippen molar-refractivity contribution in [1.29, 1.82) is 0 Å². The van der Waals surface area contributed by atoms with Crippen LogP contribution in [0.25, 0.3) is 0 Å². The Kier molecular flexibility index (Phi) is 3.89. The number of hydrazine groups is 2. The molecule has 0 saturated carbocycles. The molecule has 1 aromatic rings. The summed E-state index contributed by atoms with van der Waals surface area (Å²) in [5.41, 5.74) is 6.39. The molecule has 6 nitrogen and oxygen atoms in total. The van der Waals surface area contributed by atoms with Gasteiger partial charge < -0.3 is 5.43 Å². The Hall–Kier alpha value is -1.66. The van der Waals surface area contributed by atoms with Gasteiger partial charge in [0.25, 0.3) is 5.91 Å². The SMILES string of the molecule is NNc1cnccc1C(=O)NN1CCCCC1. The average Bonchev–Trinajstić information content (AvgIpc) is 2.40. The van der Waals surface area contributed by atoms with Crippen LogP contribution in [-0.4, -0.2) is 29.0 Å². The van der Waals surface area contributed by atoms with Gasteiger partial charge in [-0.15, -0.1) is 0 Å². The molecule has 0 radical (unpaired) electrons. The third kappa shape index (κ3) is 2.92. The highest BCUT2D eigenvalue weighted by molar-refractivity contribution is 5.98. The van der Waals surface area contributed by atoms with Crippen molar-refractivity contribution >= 4 is 11.6 Å². The zero-order chi connectivity index (χ0) is 12.1. The van der Waals surface area contributed by atoms with Gasteiger partial charge in [-0.05, 0) is 18.9 Å². The van der Waals surface area contributed by atoms with Crippen molar-refractivity contribution < 1.29 is 4.79 Å². The summed E-state index contributed by atoms with van der Waals surface area (Å²) in [6.45, 7) is 1.81. The number of nitrogens with one attached hydrogen (secondary N) is 2. The number of pyridine rings is 1. The Morgan fingerprint density at radius 2 is 2.12 bits per heavy atom. The van der Waals surface area contributed by atoms with E-state index >= 15 is 0 Å². The van der Waals surface area contributed by atoms with Gasteiger partial charge in [0, 0.05) is 19.3 Å². The zero-order valence-corrected chi connectivity index (χ0v) is 9.65. The van der Waals surface area contributed by atoms with E-state index in [2.05, 4.69) is 15.8 Å². The number of hydrogen-bond donors (Lipinski definition) is 3. The second-order valence-corrected chi connectivity index (χ2v) is 4.05. The molecule has 1 aliphatic heterocycles. The molecule has 1 amide bonds. The van der Waals surface area contributed by atoms with Crippen LogP contribution in [0.4, 0.5) is 5.69 Å². The molecule has 6 heteroatoms. The standard InChI is InChI=1S/C11H17N5O/c12-14-10-8-13-5-4-9(10)11(17)15-16-6-2-1-3-7-16/h4-5,8,14H,1-3,6-7,12H2,(H,15,17). The molecule has 1 aromatic heterocycles. The van der Waals surface area contributed by atoms with Gasteiger partial charge in [-0.25, -0.2) is 5.01 Å². The van der Waals surface area contributed by atoms with Crippen molar-refractivity contribution in [2.24, 2.45) is 5.84 Å². The number of carbonyl (C=O) groups excluding carboxylic acids is 1. The van der Waals surface area contributed by atoms with Crippen LogP contribution in [0.2, 0.25) is 0 Å². The van der Waals surface area contributed by atoms with E-state index in [1.807, 2.05) is 5.01 Å². The van der Waals surface area contributed by atoms with Gasteiger partial charge in [0.1, 0.15) is 0 Å². The van der Waals surface area contributed by atoms with Crippen LogP contribution in [0.3, 0.4) is 0 Å². The first-order valence-electron chi connectivity index (χ1n) is 5.78. The molecule has 0 spiro atoms. The molecule has 92 valence electrons. The molecular formula is C11H17N5O. The van der Waals surface area contributed by atoms with Gasteiger partial charge in [0.2, 0.25) is 0 Å². The number of nitrogen functional groups attached to an aromatic ring is 1. The fourth-order valence-electron chi connectivity index (χ4n) is 1.92. The number of piperidine rings is 1. The molecular weight excluding hydrogens is 218 g/mol. The normalized spacial score (nSPS) is 16.5. The fourth-order valence-corrected chi connectivity index (χ4v) is 1.92. The van der Waals surface area contributed by atoms with Gasteiger partial charge in [-0.2, -0.15) is 0 Å². The summed E-state index contributed by atoms with van der Waals surface area (Å²) in [6.07, 6.45) is 6.59. The molecule has 1 saturated heterocycles. The van der Waals surface area contributed by atoms with E-state index in [-0.39, 0.29) is 5.91 Å². The number of amides is 1. The second-order valence-electron chi connectivity index (χ2n) is 4.05. The predicted octanol–water partition coefficient (Wildman–Crippen LogP) is 0.498. The van der Waals surface area contributed by atoms with Crippen LogP contribution in [-0.2, 0) is 0 Å². The Labute approximate surface area is 100 Å². The van der Waals surface area contributed by atoms with Crippen LogP contribution in [0.5, 0.6) is 0 Å². The topological polar surface area (TPSA) is 83.3 Å². The minimum atomic E-state index is -0.151. The lowest BCUT2D eigenvalue weighted by Crippen LogP contribution is -2.45.